The molecule has 0 bridgehead atoms. The first-order chi connectivity index (χ1) is 28.8. The minimum atomic E-state index is -2.84. The Bertz CT molecular complexity index is 2760. The lowest BCUT2D eigenvalue weighted by atomic mass is 9.62. The molecule has 9 aromatic rings. The van der Waals surface area contributed by atoms with Gasteiger partial charge in [0.2, 0.25) is 0 Å². The summed E-state index contributed by atoms with van der Waals surface area (Å²) in [6.07, 6.45) is 0. The highest BCUT2D eigenvalue weighted by Crippen LogP contribution is 2.57. The van der Waals surface area contributed by atoms with Crippen LogP contribution in [-0.4, -0.2) is 8.07 Å². The summed E-state index contributed by atoms with van der Waals surface area (Å²) in [4.78, 5) is 4.94. The van der Waals surface area contributed by atoms with Gasteiger partial charge in [0.1, 0.15) is 0 Å². The van der Waals surface area contributed by atoms with Crippen molar-refractivity contribution in [2.75, 3.05) is 9.80 Å². The lowest BCUT2D eigenvalue weighted by Gasteiger charge is -2.47. The second kappa shape index (κ2) is 13.8. The van der Waals surface area contributed by atoms with Crippen molar-refractivity contribution in [3.05, 3.63) is 265 Å². The molecule has 0 aliphatic carbocycles. The Morgan fingerprint density at radius 1 is 0.276 bits per heavy atom. The van der Waals surface area contributed by atoms with E-state index in [1.807, 2.05) is 0 Å². The Morgan fingerprint density at radius 2 is 0.621 bits per heavy atom. The molecule has 0 saturated carbocycles. The van der Waals surface area contributed by atoms with Gasteiger partial charge in [-0.3, -0.25) is 0 Å². The van der Waals surface area contributed by atoms with Gasteiger partial charge in [-0.05, 0) is 91.5 Å². The minimum absolute atomic E-state index is 0.503. The molecular weight excluding hydrogens is 717 g/mol. The number of nitrogens with zero attached hydrogens (tertiary/aromatic N) is 2. The van der Waals surface area contributed by atoms with Crippen molar-refractivity contribution >= 4 is 62.9 Å². The quantitative estimate of drug-likeness (QED) is 0.156. The summed E-state index contributed by atoms with van der Waals surface area (Å²) in [5.74, 6) is 0. The molecule has 0 N–H and O–H groups in total. The van der Waals surface area contributed by atoms with E-state index in [0.717, 1.165) is 11.4 Å². The van der Waals surface area contributed by atoms with Gasteiger partial charge < -0.3 is 9.80 Å². The van der Waals surface area contributed by atoms with Crippen LogP contribution in [0.5, 0.6) is 0 Å². The Labute approximate surface area is 341 Å². The Kier molecular flexibility index (Phi) is 8.09. The number of fused-ring (bicyclic) bond motifs is 4. The van der Waals surface area contributed by atoms with E-state index in [9.17, 15) is 0 Å². The molecular formula is C55H40N2Si. The average Bonchev–Trinajstić information content (AvgIpc) is 3.31. The summed E-state index contributed by atoms with van der Waals surface area (Å²) in [7, 11) is -2.84. The smallest absolute Gasteiger partial charge is 0.184 e. The van der Waals surface area contributed by atoms with Crippen LogP contribution in [0.3, 0.4) is 0 Å². The third-order valence-corrected chi connectivity index (χ3v) is 17.2. The van der Waals surface area contributed by atoms with Crippen LogP contribution in [0.4, 0.5) is 34.1 Å². The second-order valence-electron chi connectivity index (χ2n) is 15.2. The molecule has 2 heterocycles. The fourth-order valence-corrected chi connectivity index (χ4v) is 15.2. The molecule has 0 fully saturated rings. The monoisotopic (exact) mass is 756 g/mol. The first kappa shape index (κ1) is 34.1. The predicted octanol–water partition coefficient (Wildman–Crippen LogP) is 11.0. The molecule has 0 saturated heterocycles. The van der Waals surface area contributed by atoms with E-state index >= 15 is 0 Å². The normalized spacial score (nSPS) is 14.4. The Hall–Kier alpha value is -7.20. The summed E-state index contributed by atoms with van der Waals surface area (Å²) < 4.78 is 0. The number of hydrogen-bond acceptors (Lipinski definition) is 2. The summed E-state index contributed by atoms with van der Waals surface area (Å²) >= 11 is 0. The van der Waals surface area contributed by atoms with Crippen molar-refractivity contribution in [3.63, 3.8) is 0 Å². The van der Waals surface area contributed by atoms with Gasteiger partial charge in [-0.25, -0.2) is 0 Å². The predicted molar refractivity (Wildman–Crippen MR) is 245 cm³/mol. The highest BCUT2D eigenvalue weighted by molar-refractivity contribution is 7.21. The van der Waals surface area contributed by atoms with Crippen molar-refractivity contribution in [1.29, 1.82) is 0 Å². The zero-order valence-electron chi connectivity index (χ0n) is 32.0. The van der Waals surface area contributed by atoms with E-state index < -0.39 is 13.5 Å². The molecule has 2 nitrogen and oxygen atoms in total. The molecule has 0 spiro atoms. The molecule has 0 aromatic heterocycles. The molecule has 3 heteroatoms. The van der Waals surface area contributed by atoms with Gasteiger partial charge in [0.25, 0.3) is 0 Å². The number of para-hydroxylation sites is 5. The maximum absolute atomic E-state index is 2.84. The van der Waals surface area contributed by atoms with Crippen LogP contribution in [-0.2, 0) is 5.41 Å². The molecule has 9 aromatic carbocycles. The van der Waals surface area contributed by atoms with Gasteiger partial charge in [-0.15, -0.1) is 0 Å². The highest BCUT2D eigenvalue weighted by atomic mass is 28.3. The summed E-state index contributed by atoms with van der Waals surface area (Å²) in [5, 5.41) is 5.51. The number of rotatable bonds is 6. The van der Waals surface area contributed by atoms with Crippen LogP contribution in [0.25, 0.3) is 0 Å². The summed E-state index contributed by atoms with van der Waals surface area (Å²) in [5.41, 5.74) is 11.7. The van der Waals surface area contributed by atoms with Crippen molar-refractivity contribution in [2.45, 2.75) is 5.41 Å². The molecule has 0 unspecified atom stereocenters. The first-order valence-corrected chi connectivity index (χ1v) is 22.1. The van der Waals surface area contributed by atoms with E-state index in [0.29, 0.717) is 0 Å². The standard InChI is InChI=1S/C55H40N2Si/c1-5-21-41(22-6-1)55(42-23-7-2-8-24-42)47-29-13-15-31-49(47)56(50-32-16-14-30-48(50)55)44-37-39-46(40-38-44)58(45-27-11-4-12-28-45)53-35-19-17-33-51(53)57(43-25-9-3-10-26-43)52-34-18-20-36-54(52)58/h1-40H. The van der Waals surface area contributed by atoms with Gasteiger partial charge in [0, 0.05) is 22.7 Å². The third kappa shape index (κ3) is 4.90. The van der Waals surface area contributed by atoms with Crippen molar-refractivity contribution < 1.29 is 0 Å². The summed E-state index contributed by atoms with van der Waals surface area (Å²) in [6.45, 7) is 0. The molecule has 11 rings (SSSR count). The fourth-order valence-electron chi connectivity index (χ4n) is 10.1. The van der Waals surface area contributed by atoms with E-state index in [4.69, 9.17) is 0 Å². The molecule has 274 valence electrons. The number of hydrogen-bond donors (Lipinski definition) is 0. The third-order valence-electron chi connectivity index (χ3n) is 12.4. The van der Waals surface area contributed by atoms with Gasteiger partial charge >= 0.3 is 0 Å². The van der Waals surface area contributed by atoms with Crippen LogP contribution < -0.4 is 30.5 Å². The van der Waals surface area contributed by atoms with Crippen LogP contribution >= 0.6 is 0 Å². The fraction of sp³-hybridized carbons (Fsp3) is 0.0182. The van der Waals surface area contributed by atoms with E-state index in [-0.39, 0.29) is 0 Å². The van der Waals surface area contributed by atoms with E-state index in [2.05, 4.69) is 252 Å². The largest absolute Gasteiger partial charge is 0.311 e. The molecule has 2 aliphatic heterocycles. The SMILES string of the molecule is c1ccc(N2c3ccccc3[Si](c3ccccc3)(c3ccc(N4c5ccccc5C(c5ccccc5)(c5ccccc5)c5ccccc54)cc3)c3ccccc32)cc1. The lowest BCUT2D eigenvalue weighted by Crippen LogP contribution is -2.77. The lowest BCUT2D eigenvalue weighted by molar-refractivity contribution is 0.731. The maximum Gasteiger partial charge on any atom is 0.184 e. The van der Waals surface area contributed by atoms with Gasteiger partial charge in [0.15, 0.2) is 8.07 Å². The molecule has 2 aliphatic rings. The molecule has 0 amide bonds. The molecule has 0 radical (unpaired) electrons. The van der Waals surface area contributed by atoms with E-state index in [1.54, 1.807) is 0 Å². The van der Waals surface area contributed by atoms with Crippen molar-refractivity contribution in [1.82, 2.24) is 0 Å². The topological polar surface area (TPSA) is 6.48 Å². The van der Waals surface area contributed by atoms with Crippen LogP contribution in [0.15, 0.2) is 243 Å². The minimum Gasteiger partial charge on any atom is -0.311 e. The van der Waals surface area contributed by atoms with Crippen LogP contribution in [0.2, 0.25) is 0 Å². The zero-order chi connectivity index (χ0) is 38.5. The Balaban J connectivity index is 1.14. The van der Waals surface area contributed by atoms with Crippen molar-refractivity contribution in [3.8, 4) is 0 Å². The summed E-state index contributed by atoms with van der Waals surface area (Å²) in [6, 6.07) is 90.0. The first-order valence-electron chi connectivity index (χ1n) is 20.1. The van der Waals surface area contributed by atoms with Gasteiger partial charge in [0.05, 0.1) is 16.8 Å². The van der Waals surface area contributed by atoms with Crippen LogP contribution in [0.1, 0.15) is 22.3 Å². The zero-order valence-corrected chi connectivity index (χ0v) is 33.0. The maximum atomic E-state index is 2.48. The van der Waals surface area contributed by atoms with Crippen LogP contribution in [0, 0.1) is 0 Å². The second-order valence-corrected chi connectivity index (χ2v) is 19.0. The van der Waals surface area contributed by atoms with Gasteiger partial charge in [-0.2, -0.15) is 0 Å². The van der Waals surface area contributed by atoms with Crippen molar-refractivity contribution in [2.24, 2.45) is 0 Å². The average molecular weight is 757 g/mol. The molecule has 0 atom stereocenters. The number of benzene rings is 9. The van der Waals surface area contributed by atoms with Gasteiger partial charge in [-0.1, -0.05) is 194 Å². The Morgan fingerprint density at radius 3 is 1.12 bits per heavy atom. The van der Waals surface area contributed by atoms with E-state index in [1.165, 1.54) is 65.8 Å². The highest BCUT2D eigenvalue weighted by Gasteiger charge is 2.49. The number of anilines is 6. The molecule has 58 heavy (non-hydrogen) atoms.